The van der Waals surface area contributed by atoms with Gasteiger partial charge in [0.2, 0.25) is 0 Å². The Labute approximate surface area is 135 Å². The summed E-state index contributed by atoms with van der Waals surface area (Å²) in [6, 6.07) is 6.01. The van der Waals surface area contributed by atoms with E-state index in [1.807, 2.05) is 25.1 Å². The Morgan fingerprint density at radius 2 is 2.14 bits per heavy atom. The molecule has 0 aliphatic carbocycles. The van der Waals surface area contributed by atoms with Gasteiger partial charge in [-0.2, -0.15) is 0 Å². The van der Waals surface area contributed by atoms with Gasteiger partial charge in [0, 0.05) is 33.4 Å². The summed E-state index contributed by atoms with van der Waals surface area (Å²) >= 11 is 3.48. The number of nitrogens with zero attached hydrogens (tertiary/aromatic N) is 1. The number of halogens is 1. The lowest BCUT2D eigenvalue weighted by Crippen LogP contribution is -2.37. The molecule has 21 heavy (non-hydrogen) atoms. The fourth-order valence-electron chi connectivity index (χ4n) is 1.75. The molecule has 1 aromatic rings. The van der Waals surface area contributed by atoms with Crippen LogP contribution in [0.25, 0.3) is 0 Å². The Morgan fingerprint density at radius 1 is 1.33 bits per heavy atom. The zero-order chi connectivity index (χ0) is 15.5. The highest BCUT2D eigenvalue weighted by Gasteiger charge is 2.02. The quantitative estimate of drug-likeness (QED) is 0.426. The molecule has 0 aromatic heterocycles. The van der Waals surface area contributed by atoms with Gasteiger partial charge >= 0.3 is 0 Å². The molecule has 0 fully saturated rings. The van der Waals surface area contributed by atoms with Crippen molar-refractivity contribution >= 4 is 21.9 Å². The molecular weight excluding hydrogens is 334 g/mol. The number of hydrogen-bond donors (Lipinski definition) is 2. The first kappa shape index (κ1) is 17.8. The fraction of sp³-hybridized carbons (Fsp3) is 0.533. The molecule has 0 spiro atoms. The van der Waals surface area contributed by atoms with Crippen molar-refractivity contribution in [3.8, 4) is 5.75 Å². The molecule has 118 valence electrons. The molecule has 0 saturated heterocycles. The number of rotatable bonds is 8. The summed E-state index contributed by atoms with van der Waals surface area (Å²) in [7, 11) is 3.42. The van der Waals surface area contributed by atoms with Crippen LogP contribution in [0.4, 0.5) is 0 Å². The zero-order valence-electron chi connectivity index (χ0n) is 12.9. The van der Waals surface area contributed by atoms with Crippen LogP contribution in [0.2, 0.25) is 0 Å². The van der Waals surface area contributed by atoms with Crippen LogP contribution in [-0.2, 0) is 11.3 Å². The molecule has 0 unspecified atom stereocenters. The molecule has 0 atom stereocenters. The summed E-state index contributed by atoms with van der Waals surface area (Å²) in [6.07, 6.45) is 0.961. The van der Waals surface area contributed by atoms with Crippen LogP contribution < -0.4 is 15.4 Å². The third-order valence-electron chi connectivity index (χ3n) is 2.86. The number of hydrogen-bond acceptors (Lipinski definition) is 3. The van der Waals surface area contributed by atoms with E-state index in [4.69, 9.17) is 9.47 Å². The Bertz CT molecular complexity index is 453. The molecule has 1 rings (SSSR count). The van der Waals surface area contributed by atoms with Crippen LogP contribution in [-0.4, -0.2) is 39.9 Å². The maximum atomic E-state index is 5.30. The number of nitrogens with one attached hydrogen (secondary N) is 2. The zero-order valence-corrected chi connectivity index (χ0v) is 14.5. The number of methoxy groups -OCH3 is 1. The second-order valence-electron chi connectivity index (χ2n) is 4.37. The molecule has 0 amide bonds. The number of aliphatic imine (C=N–C) groups is 1. The van der Waals surface area contributed by atoms with Gasteiger partial charge in [0.25, 0.3) is 0 Å². The summed E-state index contributed by atoms with van der Waals surface area (Å²) in [4.78, 5) is 4.19. The Kier molecular flexibility index (Phi) is 8.85. The fourth-order valence-corrected chi connectivity index (χ4v) is 2.34. The van der Waals surface area contributed by atoms with E-state index >= 15 is 0 Å². The van der Waals surface area contributed by atoms with Crippen molar-refractivity contribution in [1.29, 1.82) is 0 Å². The second-order valence-corrected chi connectivity index (χ2v) is 5.23. The Morgan fingerprint density at radius 3 is 2.76 bits per heavy atom. The maximum Gasteiger partial charge on any atom is 0.191 e. The number of guanidine groups is 1. The largest absolute Gasteiger partial charge is 0.496 e. The summed E-state index contributed by atoms with van der Waals surface area (Å²) in [5.41, 5.74) is 1.15. The Hall–Kier alpha value is -1.27. The summed E-state index contributed by atoms with van der Waals surface area (Å²) in [5, 5.41) is 6.54. The van der Waals surface area contributed by atoms with Gasteiger partial charge in [-0.15, -0.1) is 0 Å². The summed E-state index contributed by atoms with van der Waals surface area (Å²) in [6.45, 7) is 5.08. The maximum absolute atomic E-state index is 5.30. The van der Waals surface area contributed by atoms with E-state index in [9.17, 15) is 0 Å². The van der Waals surface area contributed by atoms with Gasteiger partial charge in [-0.25, -0.2) is 0 Å². The van der Waals surface area contributed by atoms with Crippen LogP contribution in [0.5, 0.6) is 5.75 Å². The highest BCUT2D eigenvalue weighted by molar-refractivity contribution is 9.10. The monoisotopic (exact) mass is 357 g/mol. The minimum Gasteiger partial charge on any atom is -0.496 e. The van der Waals surface area contributed by atoms with Gasteiger partial charge in [-0.1, -0.05) is 6.07 Å². The van der Waals surface area contributed by atoms with E-state index < -0.39 is 0 Å². The average molecular weight is 358 g/mol. The van der Waals surface area contributed by atoms with Gasteiger partial charge in [0.15, 0.2) is 5.96 Å². The van der Waals surface area contributed by atoms with E-state index in [-0.39, 0.29) is 0 Å². The number of ether oxygens (including phenoxy) is 2. The van der Waals surface area contributed by atoms with Gasteiger partial charge in [-0.3, -0.25) is 4.99 Å². The molecule has 6 heteroatoms. The molecule has 0 saturated carbocycles. The Balaban J connectivity index is 2.36. The summed E-state index contributed by atoms with van der Waals surface area (Å²) < 4.78 is 11.5. The smallest absolute Gasteiger partial charge is 0.191 e. The van der Waals surface area contributed by atoms with E-state index in [0.29, 0.717) is 6.54 Å². The van der Waals surface area contributed by atoms with Crippen LogP contribution in [0.1, 0.15) is 18.9 Å². The van der Waals surface area contributed by atoms with Crippen molar-refractivity contribution in [3.63, 3.8) is 0 Å². The highest BCUT2D eigenvalue weighted by Crippen LogP contribution is 2.25. The van der Waals surface area contributed by atoms with E-state index in [0.717, 1.165) is 47.9 Å². The lowest BCUT2D eigenvalue weighted by molar-refractivity contribution is 0.145. The van der Waals surface area contributed by atoms with Crippen LogP contribution in [0.15, 0.2) is 27.7 Å². The second kappa shape index (κ2) is 10.5. The van der Waals surface area contributed by atoms with Gasteiger partial charge in [0.1, 0.15) is 5.75 Å². The number of benzene rings is 1. The SMILES string of the molecule is CCOCCCNC(=NC)NCc1ccc(OC)c(Br)c1. The van der Waals surface area contributed by atoms with Crippen LogP contribution >= 0.6 is 15.9 Å². The lowest BCUT2D eigenvalue weighted by atomic mass is 10.2. The molecule has 0 radical (unpaired) electrons. The minimum atomic E-state index is 0.702. The van der Waals surface area contributed by atoms with E-state index in [1.165, 1.54) is 0 Å². The summed E-state index contributed by atoms with van der Waals surface area (Å²) in [5.74, 6) is 1.62. The standard InChI is InChI=1S/C15H24BrN3O2/c1-4-21-9-5-8-18-15(17-2)19-11-12-6-7-14(20-3)13(16)10-12/h6-7,10H,4-5,8-9,11H2,1-3H3,(H2,17,18,19). The first-order chi connectivity index (χ1) is 10.2. The van der Waals surface area contributed by atoms with Crippen LogP contribution in [0.3, 0.4) is 0 Å². The van der Waals surface area contributed by atoms with Crippen molar-refractivity contribution in [3.05, 3.63) is 28.2 Å². The third-order valence-corrected chi connectivity index (χ3v) is 3.48. The minimum absolute atomic E-state index is 0.702. The first-order valence-electron chi connectivity index (χ1n) is 7.06. The molecular formula is C15H24BrN3O2. The molecule has 5 nitrogen and oxygen atoms in total. The van der Waals surface area contributed by atoms with Gasteiger partial charge in [0.05, 0.1) is 11.6 Å². The van der Waals surface area contributed by atoms with Crippen molar-refractivity contribution in [2.24, 2.45) is 4.99 Å². The average Bonchev–Trinajstić information content (AvgIpc) is 2.50. The molecule has 0 aliphatic rings. The predicted octanol–water partition coefficient (Wildman–Crippen LogP) is 2.55. The predicted molar refractivity (Wildman–Crippen MR) is 90.0 cm³/mol. The van der Waals surface area contributed by atoms with Crippen molar-refractivity contribution < 1.29 is 9.47 Å². The molecule has 0 aliphatic heterocycles. The molecule has 1 aromatic carbocycles. The van der Waals surface area contributed by atoms with Gasteiger partial charge < -0.3 is 20.1 Å². The normalized spacial score (nSPS) is 11.3. The van der Waals surface area contributed by atoms with Crippen molar-refractivity contribution in [2.45, 2.75) is 19.9 Å². The van der Waals surface area contributed by atoms with Crippen LogP contribution in [0, 0.1) is 0 Å². The van der Waals surface area contributed by atoms with Crippen molar-refractivity contribution in [2.75, 3.05) is 33.9 Å². The molecule has 2 N–H and O–H groups in total. The molecule has 0 heterocycles. The third kappa shape index (κ3) is 6.82. The lowest BCUT2D eigenvalue weighted by Gasteiger charge is -2.12. The van der Waals surface area contributed by atoms with E-state index in [1.54, 1.807) is 14.2 Å². The topological polar surface area (TPSA) is 54.9 Å². The van der Waals surface area contributed by atoms with Crippen molar-refractivity contribution in [1.82, 2.24) is 10.6 Å². The van der Waals surface area contributed by atoms with Gasteiger partial charge in [-0.05, 0) is 47.0 Å². The molecule has 0 bridgehead atoms. The highest BCUT2D eigenvalue weighted by atomic mass is 79.9. The first-order valence-corrected chi connectivity index (χ1v) is 7.85. The van der Waals surface area contributed by atoms with E-state index in [2.05, 4.69) is 31.6 Å².